The zero-order valence-electron chi connectivity index (χ0n) is 16.6. The number of hydrogen-bond acceptors (Lipinski definition) is 5. The van der Waals surface area contributed by atoms with Gasteiger partial charge in [0.15, 0.2) is 5.75 Å². The van der Waals surface area contributed by atoms with E-state index in [0.717, 1.165) is 30.6 Å². The largest absolute Gasteiger partial charge is 0.497 e. The Hall–Kier alpha value is -2.60. The molecule has 1 aliphatic carbocycles. The molecule has 0 radical (unpaired) electrons. The van der Waals surface area contributed by atoms with E-state index in [-0.39, 0.29) is 23.3 Å². The predicted octanol–water partition coefficient (Wildman–Crippen LogP) is 4.79. The van der Waals surface area contributed by atoms with Gasteiger partial charge in [-0.05, 0) is 48.1 Å². The summed E-state index contributed by atoms with van der Waals surface area (Å²) >= 11 is 0. The van der Waals surface area contributed by atoms with Crippen LogP contribution < -0.4 is 9.47 Å². The van der Waals surface area contributed by atoms with Crippen molar-refractivity contribution in [1.82, 2.24) is 0 Å². The first-order valence-corrected chi connectivity index (χ1v) is 9.67. The van der Waals surface area contributed by atoms with E-state index in [0.29, 0.717) is 17.5 Å². The van der Waals surface area contributed by atoms with E-state index in [4.69, 9.17) is 9.47 Å². The molecule has 1 N–H and O–H groups in total. The lowest BCUT2D eigenvalue weighted by molar-refractivity contribution is -0.386. The molecule has 0 bridgehead atoms. The molecule has 6 heteroatoms. The van der Waals surface area contributed by atoms with Crippen LogP contribution in [0.4, 0.5) is 5.69 Å². The van der Waals surface area contributed by atoms with E-state index in [9.17, 15) is 15.2 Å². The average Bonchev–Trinajstić information content (AvgIpc) is 2.71. The van der Waals surface area contributed by atoms with Crippen LogP contribution in [0, 0.1) is 16.0 Å². The number of nitro benzene ring substituents is 1. The summed E-state index contributed by atoms with van der Waals surface area (Å²) < 4.78 is 10.5. The van der Waals surface area contributed by atoms with Gasteiger partial charge in [0.05, 0.1) is 25.2 Å². The molecular formula is C22H27NO5. The molecule has 28 heavy (non-hydrogen) atoms. The molecular weight excluding hydrogens is 358 g/mol. The number of rotatable bonds is 7. The van der Waals surface area contributed by atoms with E-state index >= 15 is 0 Å². The molecule has 0 fully saturated rings. The lowest BCUT2D eigenvalue weighted by Gasteiger charge is -2.37. The standard InChI is InChI=1S/C22H27NO5/c1-4-5-6-15-13-18-17(11-12-19(28-3)21(18)23(25)26)22(24)20(15)14-7-9-16(27-2)10-8-14/h7-12,15,20,22,24H,4-6,13H2,1-3H3/t15-,20?,22?/m0/s1. The summed E-state index contributed by atoms with van der Waals surface area (Å²) in [4.78, 5) is 11.3. The number of unbranched alkanes of at least 4 members (excludes halogenated alkanes) is 1. The molecule has 150 valence electrons. The number of aliphatic hydroxyl groups is 1. The van der Waals surface area contributed by atoms with Gasteiger partial charge in [0, 0.05) is 11.5 Å². The first-order chi connectivity index (χ1) is 13.5. The van der Waals surface area contributed by atoms with Crippen LogP contribution in [0.3, 0.4) is 0 Å². The highest BCUT2D eigenvalue weighted by atomic mass is 16.6. The topological polar surface area (TPSA) is 81.8 Å². The highest BCUT2D eigenvalue weighted by molar-refractivity contribution is 5.58. The maximum Gasteiger partial charge on any atom is 0.314 e. The number of hydrogen-bond donors (Lipinski definition) is 1. The molecule has 6 nitrogen and oxygen atoms in total. The highest BCUT2D eigenvalue weighted by Crippen LogP contribution is 2.50. The lowest BCUT2D eigenvalue weighted by atomic mass is 9.69. The second-order valence-electron chi connectivity index (χ2n) is 7.29. The van der Waals surface area contributed by atoms with Crippen molar-refractivity contribution in [1.29, 1.82) is 0 Å². The van der Waals surface area contributed by atoms with Crippen LogP contribution in [0.15, 0.2) is 36.4 Å². The fraction of sp³-hybridized carbons (Fsp3) is 0.455. The average molecular weight is 385 g/mol. The van der Waals surface area contributed by atoms with Gasteiger partial charge in [-0.15, -0.1) is 0 Å². The summed E-state index contributed by atoms with van der Waals surface area (Å²) in [5.74, 6) is 1.01. The number of methoxy groups -OCH3 is 2. The van der Waals surface area contributed by atoms with Crippen LogP contribution in [-0.4, -0.2) is 24.2 Å². The molecule has 3 rings (SSSR count). The molecule has 2 aromatic rings. The second-order valence-corrected chi connectivity index (χ2v) is 7.29. The van der Waals surface area contributed by atoms with Crippen LogP contribution in [-0.2, 0) is 6.42 Å². The Morgan fingerprint density at radius 1 is 1.14 bits per heavy atom. The smallest absolute Gasteiger partial charge is 0.314 e. The van der Waals surface area contributed by atoms with Gasteiger partial charge in [-0.2, -0.15) is 0 Å². The third kappa shape index (κ3) is 3.69. The van der Waals surface area contributed by atoms with E-state index in [1.807, 2.05) is 24.3 Å². The number of ether oxygens (including phenoxy) is 2. The lowest BCUT2D eigenvalue weighted by Crippen LogP contribution is -2.29. The predicted molar refractivity (Wildman–Crippen MR) is 107 cm³/mol. The zero-order chi connectivity index (χ0) is 20.3. The zero-order valence-corrected chi connectivity index (χ0v) is 16.6. The van der Waals surface area contributed by atoms with Crippen molar-refractivity contribution in [3.05, 3.63) is 63.2 Å². The normalized spacial score (nSPS) is 21.1. The van der Waals surface area contributed by atoms with E-state index in [1.165, 1.54) is 7.11 Å². The summed E-state index contributed by atoms with van der Waals surface area (Å²) in [7, 11) is 3.06. The highest BCUT2D eigenvalue weighted by Gasteiger charge is 2.40. The van der Waals surface area contributed by atoms with Gasteiger partial charge < -0.3 is 14.6 Å². The molecule has 0 heterocycles. The molecule has 0 aromatic heterocycles. The molecule has 2 aromatic carbocycles. The number of aliphatic hydroxyl groups excluding tert-OH is 1. The number of nitro groups is 1. The van der Waals surface area contributed by atoms with E-state index < -0.39 is 11.0 Å². The number of benzene rings is 2. The van der Waals surface area contributed by atoms with Crippen molar-refractivity contribution in [2.75, 3.05) is 14.2 Å². The van der Waals surface area contributed by atoms with Crippen LogP contribution in [0.5, 0.6) is 11.5 Å². The van der Waals surface area contributed by atoms with E-state index in [2.05, 4.69) is 6.92 Å². The van der Waals surface area contributed by atoms with Crippen molar-refractivity contribution < 1.29 is 19.5 Å². The second kappa shape index (κ2) is 8.61. The minimum Gasteiger partial charge on any atom is -0.497 e. The van der Waals surface area contributed by atoms with Crippen molar-refractivity contribution in [2.45, 2.75) is 44.6 Å². The fourth-order valence-corrected chi connectivity index (χ4v) is 4.36. The van der Waals surface area contributed by atoms with Crippen LogP contribution in [0.25, 0.3) is 0 Å². The Labute approximate surface area is 165 Å². The van der Waals surface area contributed by atoms with Crippen LogP contribution in [0.1, 0.15) is 54.9 Å². The summed E-state index contributed by atoms with van der Waals surface area (Å²) in [6.07, 6.45) is 2.70. The molecule has 0 saturated carbocycles. The molecule has 1 aliphatic rings. The molecule has 3 atom stereocenters. The van der Waals surface area contributed by atoms with Crippen molar-refractivity contribution in [3.8, 4) is 11.5 Å². The third-order valence-corrected chi connectivity index (χ3v) is 5.75. The summed E-state index contributed by atoms with van der Waals surface area (Å²) in [6, 6.07) is 11.1. The monoisotopic (exact) mass is 385 g/mol. The fourth-order valence-electron chi connectivity index (χ4n) is 4.36. The Morgan fingerprint density at radius 2 is 1.86 bits per heavy atom. The minimum absolute atomic E-state index is 0.0197. The third-order valence-electron chi connectivity index (χ3n) is 5.75. The van der Waals surface area contributed by atoms with E-state index in [1.54, 1.807) is 19.2 Å². The summed E-state index contributed by atoms with van der Waals surface area (Å²) in [5, 5.41) is 23.0. The van der Waals surface area contributed by atoms with Gasteiger partial charge in [-0.25, -0.2) is 0 Å². The molecule has 0 aliphatic heterocycles. The van der Waals surface area contributed by atoms with Crippen LogP contribution >= 0.6 is 0 Å². The Kier molecular flexibility index (Phi) is 6.19. The first-order valence-electron chi connectivity index (χ1n) is 9.67. The molecule has 0 amide bonds. The van der Waals surface area contributed by atoms with Gasteiger partial charge in [0.2, 0.25) is 0 Å². The molecule has 2 unspecified atom stereocenters. The van der Waals surface area contributed by atoms with Crippen molar-refractivity contribution >= 4 is 5.69 Å². The van der Waals surface area contributed by atoms with Gasteiger partial charge in [-0.3, -0.25) is 10.1 Å². The maximum absolute atomic E-state index is 11.7. The Bertz CT molecular complexity index is 834. The van der Waals surface area contributed by atoms with Crippen LogP contribution in [0.2, 0.25) is 0 Å². The van der Waals surface area contributed by atoms with Gasteiger partial charge in [-0.1, -0.05) is 38.0 Å². The summed E-state index contributed by atoms with van der Waals surface area (Å²) in [5.41, 5.74) is 2.23. The Morgan fingerprint density at radius 3 is 2.43 bits per heavy atom. The van der Waals surface area contributed by atoms with Crippen molar-refractivity contribution in [2.24, 2.45) is 5.92 Å². The number of nitrogens with zero attached hydrogens (tertiary/aromatic N) is 1. The first kappa shape index (κ1) is 20.1. The molecule has 0 saturated heterocycles. The van der Waals surface area contributed by atoms with Crippen molar-refractivity contribution in [3.63, 3.8) is 0 Å². The number of fused-ring (bicyclic) bond motifs is 1. The molecule has 0 spiro atoms. The Balaban J connectivity index is 2.09. The summed E-state index contributed by atoms with van der Waals surface area (Å²) in [6.45, 7) is 2.13. The quantitative estimate of drug-likeness (QED) is 0.547. The minimum atomic E-state index is -0.802. The van der Waals surface area contributed by atoms with Gasteiger partial charge >= 0.3 is 5.69 Å². The van der Waals surface area contributed by atoms with Gasteiger partial charge in [0.1, 0.15) is 5.75 Å². The SMILES string of the molecule is CCCC[C@H]1Cc2c(ccc(OC)c2[N+](=O)[O-])C(O)C1c1ccc(OC)cc1. The van der Waals surface area contributed by atoms with Gasteiger partial charge in [0.25, 0.3) is 0 Å². The maximum atomic E-state index is 11.7.